The summed E-state index contributed by atoms with van der Waals surface area (Å²) in [5.74, 6) is -0.220. The second-order valence-electron chi connectivity index (χ2n) is 6.21. The number of oxazole rings is 1. The van der Waals surface area contributed by atoms with Gasteiger partial charge < -0.3 is 9.73 Å². The Morgan fingerprint density at radius 2 is 1.97 bits per heavy atom. The molecule has 154 valence electrons. The summed E-state index contributed by atoms with van der Waals surface area (Å²) in [6, 6.07) is 8.39. The van der Waals surface area contributed by atoms with Crippen LogP contribution in [0.5, 0.6) is 0 Å². The van der Waals surface area contributed by atoms with E-state index in [9.17, 15) is 22.9 Å². The predicted octanol–water partition coefficient (Wildman–Crippen LogP) is 4.23. The second kappa shape index (κ2) is 7.37. The molecule has 0 saturated carbocycles. The van der Waals surface area contributed by atoms with E-state index in [1.54, 1.807) is 18.2 Å². The highest BCUT2D eigenvalue weighted by Crippen LogP contribution is 2.38. The summed E-state index contributed by atoms with van der Waals surface area (Å²) >= 11 is 0.698. The van der Waals surface area contributed by atoms with Crippen molar-refractivity contribution >= 4 is 44.2 Å². The first-order chi connectivity index (χ1) is 14.2. The topological polar surface area (TPSA) is 108 Å². The molecule has 0 aliphatic carbocycles. The highest BCUT2D eigenvalue weighted by atomic mass is 32.1. The van der Waals surface area contributed by atoms with E-state index in [4.69, 9.17) is 9.62 Å². The van der Waals surface area contributed by atoms with Crippen molar-refractivity contribution in [3.8, 4) is 0 Å². The van der Waals surface area contributed by atoms with Crippen LogP contribution < -0.4 is 5.32 Å². The Morgan fingerprint density at radius 3 is 2.67 bits per heavy atom. The van der Waals surface area contributed by atoms with Gasteiger partial charge in [0.15, 0.2) is 16.5 Å². The molecule has 2 aromatic heterocycles. The third-order valence-corrected chi connectivity index (χ3v) is 5.25. The Bertz CT molecular complexity index is 1250. The Balaban J connectivity index is 1.52. The lowest BCUT2D eigenvalue weighted by molar-refractivity contribution is -0.728. The van der Waals surface area contributed by atoms with Gasteiger partial charge in [-0.25, -0.2) is 15.2 Å². The van der Waals surface area contributed by atoms with Crippen molar-refractivity contribution < 1.29 is 32.5 Å². The lowest BCUT2D eigenvalue weighted by Crippen LogP contribution is -2.25. The number of hydrogen-bond donors (Lipinski definition) is 2. The van der Waals surface area contributed by atoms with Gasteiger partial charge in [0, 0.05) is 19.0 Å². The number of para-hydroxylation sites is 2. The molecule has 2 aromatic carbocycles. The molecule has 0 saturated heterocycles. The molecular weight excluding hydrogens is 425 g/mol. The van der Waals surface area contributed by atoms with Crippen molar-refractivity contribution in [1.29, 1.82) is 0 Å². The number of carbonyl (C=O) groups is 1. The summed E-state index contributed by atoms with van der Waals surface area (Å²) in [6.45, 7) is 0.149. The van der Waals surface area contributed by atoms with E-state index in [1.807, 2.05) is 6.07 Å². The standard InChI is InChI=1S/C18H11F3N4O4S/c19-18(20,21)9-7-11-15(12(8-9)25(27)28)30-17(24-11)16(26)22-6-5-14-23-10-3-1-2-4-13(10)29-14/h1-4,7-8H,5-6H2,(H-,22,26,27,28)/p+1. The van der Waals surface area contributed by atoms with Crippen LogP contribution in [0.15, 0.2) is 40.8 Å². The quantitative estimate of drug-likeness (QED) is 0.453. The minimum Gasteiger partial charge on any atom is -0.441 e. The smallest absolute Gasteiger partial charge is 0.416 e. The highest BCUT2D eigenvalue weighted by molar-refractivity contribution is 7.20. The first-order valence-corrected chi connectivity index (χ1v) is 9.34. The van der Waals surface area contributed by atoms with Crippen molar-refractivity contribution in [2.75, 3.05) is 6.54 Å². The van der Waals surface area contributed by atoms with Gasteiger partial charge in [-0.2, -0.15) is 13.2 Å². The first-order valence-electron chi connectivity index (χ1n) is 8.53. The van der Waals surface area contributed by atoms with Crippen LogP contribution >= 0.6 is 11.3 Å². The van der Waals surface area contributed by atoms with Crippen LogP contribution in [0.25, 0.3) is 21.3 Å². The van der Waals surface area contributed by atoms with Crippen LogP contribution in [0.1, 0.15) is 21.3 Å². The van der Waals surface area contributed by atoms with Gasteiger partial charge in [-0.1, -0.05) is 12.1 Å². The fourth-order valence-corrected chi connectivity index (χ4v) is 3.76. The average Bonchev–Trinajstić information content (AvgIpc) is 3.29. The van der Waals surface area contributed by atoms with Crippen molar-refractivity contribution in [3.63, 3.8) is 0 Å². The third kappa shape index (κ3) is 3.81. The third-order valence-electron chi connectivity index (χ3n) is 4.16. The summed E-state index contributed by atoms with van der Waals surface area (Å²) in [4.78, 5) is 31.1. The number of nitrogens with zero attached hydrogens (tertiary/aromatic N) is 3. The van der Waals surface area contributed by atoms with Gasteiger partial charge in [-0.15, -0.1) is 11.3 Å². The molecule has 0 aliphatic rings. The minimum atomic E-state index is -4.75. The predicted molar refractivity (Wildman–Crippen MR) is 99.7 cm³/mol. The number of amides is 1. The maximum Gasteiger partial charge on any atom is 0.416 e. The van der Waals surface area contributed by atoms with E-state index >= 15 is 0 Å². The van der Waals surface area contributed by atoms with E-state index < -0.39 is 28.3 Å². The molecule has 1 amide bonds. The molecule has 4 aromatic rings. The number of fused-ring (bicyclic) bond motifs is 2. The second-order valence-corrected chi connectivity index (χ2v) is 7.21. The average molecular weight is 437 g/mol. The molecule has 0 fully saturated rings. The molecule has 0 atom stereocenters. The molecule has 4 rings (SSSR count). The fraction of sp³-hybridized carbons (Fsp3) is 0.167. The maximum atomic E-state index is 13.0. The van der Waals surface area contributed by atoms with Crippen molar-refractivity contribution in [2.24, 2.45) is 0 Å². The molecule has 0 unspecified atom stereocenters. The molecule has 30 heavy (non-hydrogen) atoms. The van der Waals surface area contributed by atoms with Crippen LogP contribution in [0.4, 0.5) is 18.9 Å². The molecule has 2 N–H and O–H groups in total. The largest absolute Gasteiger partial charge is 0.441 e. The summed E-state index contributed by atoms with van der Waals surface area (Å²) in [7, 11) is 0. The number of thiazole rings is 1. The highest BCUT2D eigenvalue weighted by Gasteiger charge is 2.35. The van der Waals surface area contributed by atoms with E-state index in [2.05, 4.69) is 15.3 Å². The van der Waals surface area contributed by atoms with E-state index in [-0.39, 0.29) is 21.8 Å². The zero-order valence-corrected chi connectivity index (χ0v) is 15.8. The van der Waals surface area contributed by atoms with Gasteiger partial charge in [-0.3, -0.25) is 4.79 Å². The van der Waals surface area contributed by atoms with Crippen LogP contribution in [0.3, 0.4) is 0 Å². The van der Waals surface area contributed by atoms with Crippen LogP contribution in [-0.4, -0.2) is 32.6 Å². The van der Waals surface area contributed by atoms with Crippen molar-refractivity contribution in [1.82, 2.24) is 15.3 Å². The molecule has 2 heterocycles. The number of carbonyl (C=O) groups excluding carboxylic acids is 1. The zero-order chi connectivity index (χ0) is 21.5. The summed E-state index contributed by atoms with van der Waals surface area (Å²) in [5, 5.41) is 11.6. The Morgan fingerprint density at radius 1 is 1.20 bits per heavy atom. The first kappa shape index (κ1) is 19.8. The molecule has 8 nitrogen and oxygen atoms in total. The monoisotopic (exact) mass is 437 g/mol. The SMILES string of the molecule is O=C(NCCc1nc2ccccc2o1)c1nc2cc(C(F)(F)F)cc([N+](=O)O)c2s1. The van der Waals surface area contributed by atoms with Gasteiger partial charge in [0.2, 0.25) is 0 Å². The number of hydrogen-bond acceptors (Lipinski definition) is 6. The molecular formula is C18H12F3N4O4S+. The van der Waals surface area contributed by atoms with Gasteiger partial charge >= 0.3 is 11.9 Å². The van der Waals surface area contributed by atoms with Gasteiger partial charge in [-0.05, 0) is 18.2 Å². The van der Waals surface area contributed by atoms with Gasteiger partial charge in [0.05, 0.1) is 16.0 Å². The number of aromatic nitrogens is 2. The molecule has 0 spiro atoms. The molecule has 0 bridgehead atoms. The number of nitrogens with one attached hydrogen (secondary N) is 1. The number of halogens is 3. The Kier molecular flexibility index (Phi) is 4.86. The molecule has 12 heteroatoms. The minimum absolute atomic E-state index is 0.0374. The van der Waals surface area contributed by atoms with Crippen LogP contribution in [-0.2, 0) is 12.6 Å². The van der Waals surface area contributed by atoms with Gasteiger partial charge in [0.25, 0.3) is 10.8 Å². The summed E-state index contributed by atoms with van der Waals surface area (Å²) < 4.78 is 44.5. The Hall–Kier alpha value is -3.54. The zero-order valence-electron chi connectivity index (χ0n) is 14.9. The van der Waals surface area contributed by atoms with Crippen molar-refractivity contribution in [3.05, 3.63) is 57.8 Å². The lowest BCUT2D eigenvalue weighted by Gasteiger charge is -2.04. The molecule has 0 aliphatic heterocycles. The number of alkyl halides is 3. The lowest BCUT2D eigenvalue weighted by atomic mass is 10.2. The Labute approximate surface area is 169 Å². The number of rotatable bonds is 5. The summed E-state index contributed by atoms with van der Waals surface area (Å²) in [5.41, 5.74) is -0.715. The van der Waals surface area contributed by atoms with Crippen LogP contribution in [0.2, 0.25) is 0 Å². The van der Waals surface area contributed by atoms with E-state index in [0.29, 0.717) is 46.9 Å². The van der Waals surface area contributed by atoms with Gasteiger partial charge in [0.1, 0.15) is 10.2 Å². The fourth-order valence-electron chi connectivity index (χ4n) is 2.80. The number of benzene rings is 2. The van der Waals surface area contributed by atoms with E-state index in [0.717, 1.165) is 0 Å². The molecule has 0 radical (unpaired) electrons. The normalized spacial score (nSPS) is 11.8. The maximum absolute atomic E-state index is 13.0. The van der Waals surface area contributed by atoms with Crippen LogP contribution in [0, 0.1) is 4.91 Å². The summed E-state index contributed by atoms with van der Waals surface area (Å²) in [6.07, 6.45) is -4.45. The van der Waals surface area contributed by atoms with Crippen molar-refractivity contribution in [2.45, 2.75) is 12.6 Å². The van der Waals surface area contributed by atoms with E-state index in [1.165, 1.54) is 0 Å².